The number of aryl methyl sites for hydroxylation is 1. The predicted molar refractivity (Wildman–Crippen MR) is 102 cm³/mol. The van der Waals surface area contributed by atoms with E-state index < -0.39 is 0 Å². The molecule has 0 aliphatic carbocycles. The number of aromatic hydroxyl groups is 1. The fourth-order valence-electron chi connectivity index (χ4n) is 3.35. The highest BCUT2D eigenvalue weighted by Crippen LogP contribution is 2.29. The molecule has 0 aliphatic rings. The van der Waals surface area contributed by atoms with Gasteiger partial charge in [-0.05, 0) is 49.2 Å². The topological polar surface area (TPSA) is 34.4 Å². The highest BCUT2D eigenvalue weighted by atomic mass is 16.5. The lowest BCUT2D eigenvalue weighted by atomic mass is 10.2. The van der Waals surface area contributed by atoms with Gasteiger partial charge in [-0.3, -0.25) is 0 Å². The highest BCUT2D eigenvalue weighted by molar-refractivity contribution is 6.07. The van der Waals surface area contributed by atoms with Crippen molar-refractivity contribution in [3.05, 3.63) is 72.8 Å². The van der Waals surface area contributed by atoms with Crippen LogP contribution in [0.2, 0.25) is 0 Å². The van der Waals surface area contributed by atoms with E-state index in [-0.39, 0.29) is 5.75 Å². The van der Waals surface area contributed by atoms with Crippen LogP contribution in [0.3, 0.4) is 0 Å². The molecule has 3 nitrogen and oxygen atoms in total. The molecule has 25 heavy (non-hydrogen) atoms. The summed E-state index contributed by atoms with van der Waals surface area (Å²) in [6.07, 6.45) is 2.04. The van der Waals surface area contributed by atoms with Gasteiger partial charge in [0, 0.05) is 28.4 Å². The lowest BCUT2D eigenvalue weighted by Crippen LogP contribution is -2.02. The van der Waals surface area contributed by atoms with Crippen LogP contribution >= 0.6 is 0 Å². The SMILES string of the molecule is Oc1ccc(OCCCCn2c3ccccc3c3ccccc32)cc1. The number of para-hydroxylation sites is 2. The van der Waals surface area contributed by atoms with Crippen molar-refractivity contribution in [2.45, 2.75) is 19.4 Å². The van der Waals surface area contributed by atoms with E-state index >= 15 is 0 Å². The third-order valence-corrected chi connectivity index (χ3v) is 4.56. The van der Waals surface area contributed by atoms with E-state index in [2.05, 4.69) is 53.1 Å². The summed E-state index contributed by atoms with van der Waals surface area (Å²) in [5.74, 6) is 1.06. The normalized spacial score (nSPS) is 11.2. The highest BCUT2D eigenvalue weighted by Gasteiger charge is 2.08. The van der Waals surface area contributed by atoms with Crippen molar-refractivity contribution in [2.75, 3.05) is 6.61 Å². The smallest absolute Gasteiger partial charge is 0.119 e. The predicted octanol–water partition coefficient (Wildman–Crippen LogP) is 5.36. The summed E-state index contributed by atoms with van der Waals surface area (Å²) in [7, 11) is 0. The molecule has 4 aromatic rings. The Morgan fingerprint density at radius 2 is 1.32 bits per heavy atom. The molecule has 0 aliphatic heterocycles. The van der Waals surface area contributed by atoms with E-state index in [9.17, 15) is 5.11 Å². The number of phenolic OH excluding ortho intramolecular Hbond substituents is 1. The second-order valence-electron chi connectivity index (χ2n) is 6.24. The number of ether oxygens (including phenoxy) is 1. The number of benzene rings is 3. The number of hydrogen-bond donors (Lipinski definition) is 1. The summed E-state index contributed by atoms with van der Waals surface area (Å²) >= 11 is 0. The Morgan fingerprint density at radius 3 is 1.96 bits per heavy atom. The van der Waals surface area contributed by atoms with Gasteiger partial charge in [-0.2, -0.15) is 0 Å². The van der Waals surface area contributed by atoms with Gasteiger partial charge in [-0.15, -0.1) is 0 Å². The zero-order valence-corrected chi connectivity index (χ0v) is 14.1. The van der Waals surface area contributed by atoms with Gasteiger partial charge in [0.2, 0.25) is 0 Å². The minimum Gasteiger partial charge on any atom is -0.508 e. The molecular formula is C22H21NO2. The number of aromatic nitrogens is 1. The summed E-state index contributed by atoms with van der Waals surface area (Å²) in [6, 6.07) is 24.1. The van der Waals surface area contributed by atoms with Crippen molar-refractivity contribution in [1.82, 2.24) is 4.57 Å². The van der Waals surface area contributed by atoms with Crippen molar-refractivity contribution >= 4 is 21.8 Å². The van der Waals surface area contributed by atoms with E-state index in [4.69, 9.17) is 4.74 Å². The van der Waals surface area contributed by atoms with E-state index in [1.54, 1.807) is 24.3 Å². The van der Waals surface area contributed by atoms with E-state index in [1.165, 1.54) is 21.8 Å². The first-order valence-electron chi connectivity index (χ1n) is 8.71. The number of nitrogens with zero attached hydrogens (tertiary/aromatic N) is 1. The molecule has 4 rings (SSSR count). The maximum Gasteiger partial charge on any atom is 0.119 e. The Hall–Kier alpha value is -2.94. The van der Waals surface area contributed by atoms with Crippen LogP contribution in [0.25, 0.3) is 21.8 Å². The largest absolute Gasteiger partial charge is 0.508 e. The molecule has 3 aromatic carbocycles. The molecule has 0 atom stereocenters. The quantitative estimate of drug-likeness (QED) is 0.483. The first-order chi connectivity index (χ1) is 12.3. The Balaban J connectivity index is 1.43. The number of rotatable bonds is 6. The molecule has 0 saturated heterocycles. The molecule has 0 bridgehead atoms. The van der Waals surface area contributed by atoms with Crippen molar-refractivity contribution in [3.63, 3.8) is 0 Å². The minimum atomic E-state index is 0.263. The van der Waals surface area contributed by atoms with Crippen LogP contribution in [0.5, 0.6) is 11.5 Å². The van der Waals surface area contributed by atoms with Crippen LogP contribution in [-0.4, -0.2) is 16.3 Å². The Morgan fingerprint density at radius 1 is 0.720 bits per heavy atom. The van der Waals surface area contributed by atoms with Crippen molar-refractivity contribution in [2.24, 2.45) is 0 Å². The Bertz CT molecular complexity index is 933. The van der Waals surface area contributed by atoms with Gasteiger partial charge in [0.05, 0.1) is 6.61 Å². The summed E-state index contributed by atoms with van der Waals surface area (Å²) in [6.45, 7) is 1.66. The van der Waals surface area contributed by atoms with E-state index in [0.717, 1.165) is 25.1 Å². The minimum absolute atomic E-state index is 0.263. The van der Waals surface area contributed by atoms with Gasteiger partial charge in [0.25, 0.3) is 0 Å². The van der Waals surface area contributed by atoms with Crippen LogP contribution in [0.15, 0.2) is 72.8 Å². The zero-order chi connectivity index (χ0) is 17.1. The molecule has 1 N–H and O–H groups in total. The molecule has 0 amide bonds. The average molecular weight is 331 g/mol. The number of fused-ring (bicyclic) bond motifs is 3. The Kier molecular flexibility index (Phi) is 4.30. The lowest BCUT2D eigenvalue weighted by molar-refractivity contribution is 0.303. The van der Waals surface area contributed by atoms with Gasteiger partial charge in [-0.25, -0.2) is 0 Å². The molecular weight excluding hydrogens is 310 g/mol. The van der Waals surface area contributed by atoms with Gasteiger partial charge in [0.15, 0.2) is 0 Å². The van der Waals surface area contributed by atoms with Crippen molar-refractivity contribution < 1.29 is 9.84 Å². The van der Waals surface area contributed by atoms with Gasteiger partial charge >= 0.3 is 0 Å². The molecule has 0 saturated carbocycles. The molecule has 1 heterocycles. The van der Waals surface area contributed by atoms with Crippen LogP contribution in [-0.2, 0) is 6.54 Å². The first kappa shape index (κ1) is 15.6. The van der Waals surface area contributed by atoms with E-state index in [1.807, 2.05) is 0 Å². The standard InChI is InChI=1S/C22H21NO2/c24-17-11-13-18(14-12-17)25-16-6-5-15-23-21-9-3-1-7-19(21)20-8-2-4-10-22(20)23/h1-4,7-14,24H,5-6,15-16H2. The van der Waals surface area contributed by atoms with Crippen molar-refractivity contribution in [3.8, 4) is 11.5 Å². The third-order valence-electron chi connectivity index (χ3n) is 4.56. The number of unbranched alkanes of at least 4 members (excludes halogenated alkanes) is 1. The fourth-order valence-corrected chi connectivity index (χ4v) is 3.35. The van der Waals surface area contributed by atoms with Crippen LogP contribution in [0, 0.1) is 0 Å². The molecule has 0 spiro atoms. The second-order valence-corrected chi connectivity index (χ2v) is 6.24. The summed E-state index contributed by atoms with van der Waals surface area (Å²) in [5.41, 5.74) is 2.59. The first-order valence-corrected chi connectivity index (χ1v) is 8.71. The maximum atomic E-state index is 9.29. The van der Waals surface area contributed by atoms with Crippen LogP contribution in [0.1, 0.15) is 12.8 Å². The monoisotopic (exact) mass is 331 g/mol. The maximum absolute atomic E-state index is 9.29. The fraction of sp³-hybridized carbons (Fsp3) is 0.182. The van der Waals surface area contributed by atoms with Gasteiger partial charge in [-0.1, -0.05) is 36.4 Å². The van der Waals surface area contributed by atoms with E-state index in [0.29, 0.717) is 6.61 Å². The van der Waals surface area contributed by atoms with Crippen molar-refractivity contribution in [1.29, 1.82) is 0 Å². The van der Waals surface area contributed by atoms with Crippen LogP contribution in [0.4, 0.5) is 0 Å². The zero-order valence-electron chi connectivity index (χ0n) is 14.1. The molecule has 1 aromatic heterocycles. The number of phenols is 1. The summed E-state index contributed by atoms with van der Waals surface area (Å²) in [5, 5.41) is 11.9. The summed E-state index contributed by atoms with van der Waals surface area (Å²) in [4.78, 5) is 0. The van der Waals surface area contributed by atoms with Gasteiger partial charge in [0.1, 0.15) is 11.5 Å². The number of hydrogen-bond acceptors (Lipinski definition) is 2. The van der Waals surface area contributed by atoms with Gasteiger partial charge < -0.3 is 14.4 Å². The van der Waals surface area contributed by atoms with Crippen LogP contribution < -0.4 is 4.74 Å². The molecule has 0 unspecified atom stereocenters. The third kappa shape index (κ3) is 3.18. The summed E-state index contributed by atoms with van der Waals surface area (Å²) < 4.78 is 8.14. The molecule has 126 valence electrons. The molecule has 0 fully saturated rings. The average Bonchev–Trinajstić information content (AvgIpc) is 2.97. The Labute approximate surface area is 147 Å². The molecule has 3 heteroatoms. The second kappa shape index (κ2) is 6.89. The lowest BCUT2D eigenvalue weighted by Gasteiger charge is -2.09. The molecule has 0 radical (unpaired) electrons.